The number of hydrogen-bond donors (Lipinski definition) is 0. The number of pyridine rings is 1. The Hall–Kier alpha value is -1.90. The van der Waals surface area contributed by atoms with Gasteiger partial charge in [0.15, 0.2) is 0 Å². The Morgan fingerprint density at radius 1 is 1.28 bits per heavy atom. The SMILES string of the molecule is CN1C(=O)C2(CCC2)c2c1cnc1ccccc21. The molecule has 1 aromatic carbocycles. The summed E-state index contributed by atoms with van der Waals surface area (Å²) in [7, 11) is 1.87. The van der Waals surface area contributed by atoms with Gasteiger partial charge in [-0.2, -0.15) is 0 Å². The second-order valence-corrected chi connectivity index (χ2v) is 5.34. The Morgan fingerprint density at radius 2 is 2.06 bits per heavy atom. The van der Waals surface area contributed by atoms with Gasteiger partial charge in [0.05, 0.1) is 22.8 Å². The van der Waals surface area contributed by atoms with E-state index < -0.39 is 0 Å². The van der Waals surface area contributed by atoms with Gasteiger partial charge in [-0.25, -0.2) is 0 Å². The summed E-state index contributed by atoms with van der Waals surface area (Å²) in [5.41, 5.74) is 2.96. The molecule has 1 saturated carbocycles. The van der Waals surface area contributed by atoms with Gasteiger partial charge in [-0.05, 0) is 18.9 Å². The minimum Gasteiger partial charge on any atom is -0.313 e. The minimum atomic E-state index is -0.243. The number of hydrogen-bond acceptors (Lipinski definition) is 2. The predicted octanol–water partition coefficient (Wildman–Crippen LogP) is 2.63. The van der Waals surface area contributed by atoms with Crippen LogP contribution in [0.2, 0.25) is 0 Å². The van der Waals surface area contributed by atoms with E-state index in [1.54, 1.807) is 4.90 Å². The number of para-hydroxylation sites is 1. The number of likely N-dealkylation sites (N-methyl/N-ethyl adjacent to an activating group) is 1. The van der Waals surface area contributed by atoms with Gasteiger partial charge in [-0.15, -0.1) is 0 Å². The zero-order chi connectivity index (χ0) is 12.3. The third-order valence-corrected chi connectivity index (χ3v) is 4.52. The quantitative estimate of drug-likeness (QED) is 0.707. The van der Waals surface area contributed by atoms with Crippen molar-refractivity contribution in [3.63, 3.8) is 0 Å². The Kier molecular flexibility index (Phi) is 1.74. The average molecular weight is 238 g/mol. The van der Waals surface area contributed by atoms with Crippen molar-refractivity contribution in [2.75, 3.05) is 11.9 Å². The van der Waals surface area contributed by atoms with E-state index in [4.69, 9.17) is 0 Å². The van der Waals surface area contributed by atoms with E-state index in [0.717, 1.165) is 35.9 Å². The minimum absolute atomic E-state index is 0.243. The molecule has 1 aliphatic carbocycles. The van der Waals surface area contributed by atoms with Crippen molar-refractivity contribution < 1.29 is 4.79 Å². The topological polar surface area (TPSA) is 33.2 Å². The molecule has 1 fully saturated rings. The third kappa shape index (κ3) is 0.964. The van der Waals surface area contributed by atoms with Crippen molar-refractivity contribution in [3.8, 4) is 0 Å². The second kappa shape index (κ2) is 3.10. The zero-order valence-corrected chi connectivity index (χ0v) is 10.3. The van der Waals surface area contributed by atoms with Crippen LogP contribution in [-0.4, -0.2) is 17.9 Å². The molecule has 2 aromatic rings. The van der Waals surface area contributed by atoms with E-state index in [0.29, 0.717) is 0 Å². The molecule has 0 atom stereocenters. The second-order valence-electron chi connectivity index (χ2n) is 5.34. The van der Waals surface area contributed by atoms with Gasteiger partial charge >= 0.3 is 0 Å². The lowest BCUT2D eigenvalue weighted by Crippen LogP contribution is -2.43. The van der Waals surface area contributed by atoms with Crippen molar-refractivity contribution in [2.24, 2.45) is 0 Å². The molecular formula is C15H14N2O. The highest BCUT2D eigenvalue weighted by Crippen LogP contribution is 2.54. The monoisotopic (exact) mass is 238 g/mol. The number of nitrogens with zero attached hydrogens (tertiary/aromatic N) is 2. The number of aromatic nitrogens is 1. The molecule has 0 unspecified atom stereocenters. The zero-order valence-electron chi connectivity index (χ0n) is 10.3. The summed E-state index contributed by atoms with van der Waals surface area (Å²) in [5.74, 6) is 0.252. The summed E-state index contributed by atoms with van der Waals surface area (Å²) >= 11 is 0. The van der Waals surface area contributed by atoms with Gasteiger partial charge in [0.1, 0.15) is 0 Å². The van der Waals surface area contributed by atoms with Gasteiger partial charge in [-0.3, -0.25) is 9.78 Å². The van der Waals surface area contributed by atoms with Gasteiger partial charge in [0.2, 0.25) is 5.91 Å². The maximum absolute atomic E-state index is 12.5. The third-order valence-electron chi connectivity index (χ3n) is 4.52. The standard InChI is InChI=1S/C15H14N2O/c1-17-12-9-16-11-6-3-2-5-10(11)13(12)15(14(17)18)7-4-8-15/h2-3,5-6,9H,4,7-8H2,1H3. The highest BCUT2D eigenvalue weighted by molar-refractivity contribution is 6.12. The Balaban J connectivity index is 2.12. The van der Waals surface area contributed by atoms with Crippen molar-refractivity contribution in [1.82, 2.24) is 4.98 Å². The molecule has 1 spiro atoms. The molecule has 0 N–H and O–H groups in total. The molecule has 3 heteroatoms. The van der Waals surface area contributed by atoms with E-state index in [9.17, 15) is 4.79 Å². The Morgan fingerprint density at radius 3 is 2.78 bits per heavy atom. The number of fused-ring (bicyclic) bond motifs is 4. The van der Waals surface area contributed by atoms with E-state index in [2.05, 4.69) is 11.1 Å². The van der Waals surface area contributed by atoms with Crippen LogP contribution >= 0.6 is 0 Å². The molecule has 90 valence electrons. The van der Waals surface area contributed by atoms with Gasteiger partial charge in [0.25, 0.3) is 0 Å². The molecule has 1 aromatic heterocycles. The summed E-state index contributed by atoms with van der Waals surface area (Å²) < 4.78 is 0. The number of carbonyl (C=O) groups excluding carboxylic acids is 1. The molecule has 2 aliphatic rings. The van der Waals surface area contributed by atoms with E-state index >= 15 is 0 Å². The first kappa shape index (κ1) is 10.1. The molecule has 4 rings (SSSR count). The van der Waals surface area contributed by atoms with Gasteiger partial charge in [0, 0.05) is 18.0 Å². The highest BCUT2D eigenvalue weighted by atomic mass is 16.2. The van der Waals surface area contributed by atoms with Crippen LogP contribution in [0.4, 0.5) is 5.69 Å². The fraction of sp³-hybridized carbons (Fsp3) is 0.333. The van der Waals surface area contributed by atoms with Crippen LogP contribution in [0.15, 0.2) is 30.5 Å². The maximum atomic E-state index is 12.5. The summed E-state index contributed by atoms with van der Waals surface area (Å²) in [6.07, 6.45) is 4.96. The number of carbonyl (C=O) groups is 1. The van der Waals surface area contributed by atoms with Crippen LogP contribution in [0.25, 0.3) is 10.9 Å². The van der Waals surface area contributed by atoms with Crippen LogP contribution in [-0.2, 0) is 10.2 Å². The number of amides is 1. The fourth-order valence-corrected chi connectivity index (χ4v) is 3.42. The first-order valence-corrected chi connectivity index (χ1v) is 6.40. The lowest BCUT2D eigenvalue weighted by atomic mass is 9.64. The fourth-order valence-electron chi connectivity index (χ4n) is 3.42. The van der Waals surface area contributed by atoms with E-state index in [-0.39, 0.29) is 11.3 Å². The lowest BCUT2D eigenvalue weighted by Gasteiger charge is -2.37. The molecule has 1 amide bonds. The van der Waals surface area contributed by atoms with E-state index in [1.165, 1.54) is 5.56 Å². The summed E-state index contributed by atoms with van der Waals surface area (Å²) in [6, 6.07) is 8.13. The summed E-state index contributed by atoms with van der Waals surface area (Å²) in [5, 5.41) is 1.15. The highest BCUT2D eigenvalue weighted by Gasteiger charge is 2.54. The molecule has 0 radical (unpaired) electrons. The molecule has 2 heterocycles. The van der Waals surface area contributed by atoms with Crippen LogP contribution in [0.1, 0.15) is 24.8 Å². The van der Waals surface area contributed by atoms with Crippen molar-refractivity contribution >= 4 is 22.5 Å². The largest absolute Gasteiger partial charge is 0.313 e. The molecular weight excluding hydrogens is 224 g/mol. The lowest BCUT2D eigenvalue weighted by molar-refractivity contribution is -0.125. The van der Waals surface area contributed by atoms with Gasteiger partial charge < -0.3 is 4.90 Å². The maximum Gasteiger partial charge on any atom is 0.237 e. The van der Waals surface area contributed by atoms with Crippen LogP contribution < -0.4 is 4.90 Å². The van der Waals surface area contributed by atoms with Crippen molar-refractivity contribution in [3.05, 3.63) is 36.0 Å². The molecule has 0 saturated heterocycles. The first-order valence-electron chi connectivity index (χ1n) is 6.40. The van der Waals surface area contributed by atoms with Crippen LogP contribution in [0, 0.1) is 0 Å². The van der Waals surface area contributed by atoms with Gasteiger partial charge in [-0.1, -0.05) is 24.6 Å². The number of anilines is 1. The molecule has 0 bridgehead atoms. The number of benzene rings is 1. The molecule has 18 heavy (non-hydrogen) atoms. The molecule has 1 aliphatic heterocycles. The normalized spacial score (nSPS) is 20.3. The molecule has 3 nitrogen and oxygen atoms in total. The van der Waals surface area contributed by atoms with Crippen LogP contribution in [0.5, 0.6) is 0 Å². The summed E-state index contributed by atoms with van der Waals surface area (Å²) in [6.45, 7) is 0. The summed E-state index contributed by atoms with van der Waals surface area (Å²) in [4.78, 5) is 18.8. The van der Waals surface area contributed by atoms with E-state index in [1.807, 2.05) is 31.4 Å². The Labute approximate surface area is 105 Å². The first-order chi connectivity index (χ1) is 8.74. The van der Waals surface area contributed by atoms with Crippen molar-refractivity contribution in [2.45, 2.75) is 24.7 Å². The Bertz CT molecular complexity index is 673. The van der Waals surface area contributed by atoms with Crippen molar-refractivity contribution in [1.29, 1.82) is 0 Å². The predicted molar refractivity (Wildman–Crippen MR) is 70.7 cm³/mol. The smallest absolute Gasteiger partial charge is 0.237 e. The average Bonchev–Trinajstić information content (AvgIpc) is 2.59. The number of rotatable bonds is 0. The van der Waals surface area contributed by atoms with Crippen LogP contribution in [0.3, 0.4) is 0 Å².